The number of hydrogen-bond acceptors (Lipinski definition) is 5. The Morgan fingerprint density at radius 1 is 0.862 bits per heavy atom. The van der Waals surface area contributed by atoms with Gasteiger partial charge in [0.2, 0.25) is 5.91 Å². The molecule has 0 bridgehead atoms. The Labute approximate surface area is 165 Å². The maximum Gasteiger partial charge on any atom is 0.333 e. The van der Waals surface area contributed by atoms with Gasteiger partial charge in [-0.3, -0.25) is 18.7 Å². The van der Waals surface area contributed by atoms with Crippen LogP contribution in [0.5, 0.6) is 0 Å². The van der Waals surface area contributed by atoms with Crippen molar-refractivity contribution in [1.29, 1.82) is 0 Å². The minimum absolute atomic E-state index is 0.0375. The van der Waals surface area contributed by atoms with Crippen LogP contribution in [0.15, 0.2) is 82.6 Å². The Morgan fingerprint density at radius 2 is 1.52 bits per heavy atom. The first-order valence-electron chi connectivity index (χ1n) is 8.96. The topological polar surface area (TPSA) is 98.9 Å². The summed E-state index contributed by atoms with van der Waals surface area (Å²) in [6, 6.07) is 18.1. The number of aromatic nitrogens is 4. The fourth-order valence-corrected chi connectivity index (χ4v) is 3.04. The second kappa shape index (κ2) is 7.89. The van der Waals surface area contributed by atoms with Gasteiger partial charge in [0.05, 0.1) is 6.54 Å². The van der Waals surface area contributed by atoms with E-state index in [1.807, 2.05) is 36.4 Å². The van der Waals surface area contributed by atoms with Gasteiger partial charge >= 0.3 is 5.69 Å². The molecule has 4 aromatic rings. The van der Waals surface area contributed by atoms with Gasteiger partial charge in [0, 0.05) is 18.1 Å². The molecule has 0 aliphatic rings. The van der Waals surface area contributed by atoms with Crippen LogP contribution in [0.3, 0.4) is 0 Å². The molecular formula is C21H17N5O3. The molecule has 2 aromatic heterocycles. The highest BCUT2D eigenvalue weighted by Crippen LogP contribution is 2.07. The Hall–Kier alpha value is -4.07. The van der Waals surface area contributed by atoms with Crippen LogP contribution in [0.4, 0.5) is 5.69 Å². The number of para-hydroxylation sites is 1. The maximum atomic E-state index is 13.1. The van der Waals surface area contributed by atoms with E-state index < -0.39 is 17.2 Å². The van der Waals surface area contributed by atoms with E-state index in [0.29, 0.717) is 5.69 Å². The molecule has 0 aliphatic heterocycles. The number of nitrogens with zero attached hydrogens (tertiary/aromatic N) is 4. The van der Waals surface area contributed by atoms with Gasteiger partial charge in [-0.25, -0.2) is 14.8 Å². The molecular weight excluding hydrogens is 370 g/mol. The second-order valence-corrected chi connectivity index (χ2v) is 6.39. The van der Waals surface area contributed by atoms with Gasteiger partial charge < -0.3 is 5.32 Å². The molecule has 144 valence electrons. The minimum atomic E-state index is -0.616. The van der Waals surface area contributed by atoms with Crippen LogP contribution < -0.4 is 16.6 Å². The van der Waals surface area contributed by atoms with Crippen LogP contribution in [0.2, 0.25) is 0 Å². The summed E-state index contributed by atoms with van der Waals surface area (Å²) < 4.78 is 2.24. The summed E-state index contributed by atoms with van der Waals surface area (Å²) in [5, 5.41) is 2.73. The van der Waals surface area contributed by atoms with Crippen molar-refractivity contribution in [2.24, 2.45) is 0 Å². The highest BCUT2D eigenvalue weighted by Gasteiger charge is 2.17. The third-order valence-corrected chi connectivity index (χ3v) is 4.39. The third kappa shape index (κ3) is 3.81. The summed E-state index contributed by atoms with van der Waals surface area (Å²) in [4.78, 5) is 46.6. The average Bonchev–Trinajstić information content (AvgIpc) is 2.75. The number of fused-ring (bicyclic) bond motifs is 1. The molecule has 0 saturated carbocycles. The maximum absolute atomic E-state index is 13.1. The van der Waals surface area contributed by atoms with Gasteiger partial charge in [-0.2, -0.15) is 0 Å². The van der Waals surface area contributed by atoms with Gasteiger partial charge in [0.1, 0.15) is 6.54 Å². The van der Waals surface area contributed by atoms with Crippen LogP contribution >= 0.6 is 0 Å². The molecule has 29 heavy (non-hydrogen) atoms. The number of hydrogen-bond donors (Lipinski definition) is 1. The van der Waals surface area contributed by atoms with E-state index in [1.54, 1.807) is 24.3 Å². The molecule has 0 unspecified atom stereocenters. The largest absolute Gasteiger partial charge is 0.333 e. The van der Waals surface area contributed by atoms with E-state index in [2.05, 4.69) is 15.3 Å². The first-order chi connectivity index (χ1) is 14.1. The van der Waals surface area contributed by atoms with E-state index in [1.165, 1.54) is 17.0 Å². The molecule has 0 atom stereocenters. The summed E-state index contributed by atoms with van der Waals surface area (Å²) in [5.41, 5.74) is 0.357. The number of amides is 1. The van der Waals surface area contributed by atoms with E-state index in [-0.39, 0.29) is 24.3 Å². The molecule has 8 nitrogen and oxygen atoms in total. The standard InChI is InChI=1S/C21H17N5O3/c27-17(24-16-9-5-2-6-10-16)14-25-19-18(22-11-12-23-19)20(28)26(21(25)29)13-15-7-3-1-4-8-15/h1-12H,13-14H2,(H,24,27). The minimum Gasteiger partial charge on any atom is -0.325 e. The normalized spacial score (nSPS) is 10.8. The quantitative estimate of drug-likeness (QED) is 0.561. The third-order valence-electron chi connectivity index (χ3n) is 4.39. The summed E-state index contributed by atoms with van der Waals surface area (Å²) in [5.74, 6) is -0.407. The van der Waals surface area contributed by atoms with Crippen molar-refractivity contribution in [2.45, 2.75) is 13.1 Å². The van der Waals surface area contributed by atoms with Gasteiger partial charge in [-0.1, -0.05) is 48.5 Å². The van der Waals surface area contributed by atoms with Gasteiger partial charge in [0.15, 0.2) is 11.2 Å². The van der Waals surface area contributed by atoms with Gasteiger partial charge in [-0.05, 0) is 17.7 Å². The van der Waals surface area contributed by atoms with Crippen molar-refractivity contribution in [3.63, 3.8) is 0 Å². The lowest BCUT2D eigenvalue weighted by molar-refractivity contribution is -0.116. The molecule has 8 heteroatoms. The van der Waals surface area contributed by atoms with Crippen molar-refractivity contribution < 1.29 is 4.79 Å². The fourth-order valence-electron chi connectivity index (χ4n) is 3.04. The monoisotopic (exact) mass is 387 g/mol. The molecule has 0 spiro atoms. The number of carbonyl (C=O) groups excluding carboxylic acids is 1. The Bertz CT molecular complexity index is 1280. The van der Waals surface area contributed by atoms with Crippen molar-refractivity contribution >= 4 is 22.8 Å². The number of rotatable bonds is 5. The fraction of sp³-hybridized carbons (Fsp3) is 0.0952. The molecule has 4 rings (SSSR count). The summed E-state index contributed by atoms with van der Waals surface area (Å²) in [6.45, 7) is -0.219. The smallest absolute Gasteiger partial charge is 0.325 e. The van der Waals surface area contributed by atoms with Crippen LogP contribution in [-0.4, -0.2) is 25.0 Å². The lowest BCUT2D eigenvalue weighted by Crippen LogP contribution is -2.42. The van der Waals surface area contributed by atoms with Crippen LogP contribution in [0.1, 0.15) is 5.56 Å². The number of carbonyl (C=O) groups is 1. The first-order valence-corrected chi connectivity index (χ1v) is 8.96. The molecule has 0 saturated heterocycles. The highest BCUT2D eigenvalue weighted by atomic mass is 16.2. The molecule has 0 aliphatic carbocycles. The number of benzene rings is 2. The lowest BCUT2D eigenvalue weighted by Gasteiger charge is -2.13. The molecule has 2 aromatic carbocycles. The van der Waals surface area contributed by atoms with E-state index >= 15 is 0 Å². The Morgan fingerprint density at radius 3 is 2.24 bits per heavy atom. The number of anilines is 1. The highest BCUT2D eigenvalue weighted by molar-refractivity contribution is 5.91. The summed E-state index contributed by atoms with van der Waals surface area (Å²) in [7, 11) is 0. The summed E-state index contributed by atoms with van der Waals surface area (Å²) in [6.07, 6.45) is 2.77. The Balaban J connectivity index is 1.77. The average molecular weight is 387 g/mol. The predicted octanol–water partition coefficient (Wildman–Crippen LogP) is 1.64. The zero-order valence-corrected chi connectivity index (χ0v) is 15.4. The first kappa shape index (κ1) is 18.3. The lowest BCUT2D eigenvalue weighted by atomic mass is 10.2. The molecule has 0 fully saturated rings. The molecule has 2 heterocycles. The van der Waals surface area contributed by atoms with Gasteiger partial charge in [-0.15, -0.1) is 0 Å². The molecule has 1 N–H and O–H groups in total. The SMILES string of the molecule is O=C(Cn1c(=O)n(Cc2ccccc2)c(=O)c2nccnc21)Nc1ccccc1. The van der Waals surface area contributed by atoms with E-state index in [0.717, 1.165) is 10.1 Å². The van der Waals surface area contributed by atoms with Crippen molar-refractivity contribution in [3.8, 4) is 0 Å². The van der Waals surface area contributed by atoms with Crippen molar-refractivity contribution in [2.75, 3.05) is 5.32 Å². The van der Waals surface area contributed by atoms with Crippen molar-refractivity contribution in [1.82, 2.24) is 19.1 Å². The van der Waals surface area contributed by atoms with E-state index in [9.17, 15) is 14.4 Å². The van der Waals surface area contributed by atoms with Gasteiger partial charge in [0.25, 0.3) is 5.56 Å². The van der Waals surface area contributed by atoms with Crippen LogP contribution in [-0.2, 0) is 17.9 Å². The van der Waals surface area contributed by atoms with E-state index in [4.69, 9.17) is 0 Å². The van der Waals surface area contributed by atoms with Crippen molar-refractivity contribution in [3.05, 3.63) is 99.5 Å². The Kier molecular flexibility index (Phi) is 4.98. The molecule has 0 radical (unpaired) electrons. The second-order valence-electron chi connectivity index (χ2n) is 6.39. The zero-order valence-electron chi connectivity index (χ0n) is 15.4. The molecule has 1 amide bonds. The van der Waals surface area contributed by atoms with Crippen LogP contribution in [0, 0.1) is 0 Å². The zero-order chi connectivity index (χ0) is 20.2. The predicted molar refractivity (Wildman–Crippen MR) is 109 cm³/mol. The summed E-state index contributed by atoms with van der Waals surface area (Å²) >= 11 is 0. The van der Waals surface area contributed by atoms with Crippen LogP contribution in [0.25, 0.3) is 11.2 Å². The number of nitrogens with one attached hydrogen (secondary N) is 1.